The molecule has 0 fully saturated rings. The third-order valence-corrected chi connectivity index (χ3v) is 5.99. The lowest BCUT2D eigenvalue weighted by molar-refractivity contribution is 0.100. The number of nitrogens with two attached hydrogens (primary N) is 2. The lowest BCUT2D eigenvalue weighted by Crippen LogP contribution is -2.24. The third-order valence-electron chi connectivity index (χ3n) is 5.67. The Bertz CT molecular complexity index is 1560. The minimum Gasteiger partial charge on any atom is -0.381 e. The van der Waals surface area contributed by atoms with Gasteiger partial charge < -0.3 is 16.0 Å². The number of benzene rings is 2. The molecule has 5 aromatic rings. The highest BCUT2D eigenvalue weighted by Gasteiger charge is 2.15. The van der Waals surface area contributed by atoms with E-state index in [-0.39, 0.29) is 16.9 Å². The molecule has 8 nitrogen and oxygen atoms in total. The van der Waals surface area contributed by atoms with Crippen LogP contribution in [-0.4, -0.2) is 25.1 Å². The van der Waals surface area contributed by atoms with Gasteiger partial charge in [0.15, 0.2) is 11.5 Å². The number of pyridine rings is 1. The van der Waals surface area contributed by atoms with E-state index in [2.05, 4.69) is 35.2 Å². The number of hydrogen-bond acceptors (Lipinski definition) is 5. The van der Waals surface area contributed by atoms with Crippen molar-refractivity contribution in [2.45, 2.75) is 26.3 Å². The van der Waals surface area contributed by atoms with Gasteiger partial charge in [-0.15, -0.1) is 5.10 Å². The molecule has 9 heteroatoms. The summed E-state index contributed by atoms with van der Waals surface area (Å²) >= 11 is 6.23. The van der Waals surface area contributed by atoms with Crippen LogP contribution in [0.3, 0.4) is 0 Å². The summed E-state index contributed by atoms with van der Waals surface area (Å²) in [5.74, 6) is -0.516. The van der Waals surface area contributed by atoms with Gasteiger partial charge in [0.2, 0.25) is 0 Å². The number of hydrogen-bond donors (Lipinski definition) is 2. The fourth-order valence-corrected chi connectivity index (χ4v) is 4.24. The van der Waals surface area contributed by atoms with E-state index in [1.807, 2.05) is 34.9 Å². The largest absolute Gasteiger partial charge is 0.381 e. The van der Waals surface area contributed by atoms with Gasteiger partial charge in [-0.1, -0.05) is 61.0 Å². The van der Waals surface area contributed by atoms with Crippen molar-refractivity contribution in [1.29, 1.82) is 0 Å². The van der Waals surface area contributed by atoms with Gasteiger partial charge in [0.05, 0.1) is 10.4 Å². The SMILES string of the molecule is CCc1cc2cccc(Cl)c2c(=O)n1CCc1ccccc1.NC(=O)c1c(N)nn2cccnc12. The first-order valence-corrected chi connectivity index (χ1v) is 11.5. The predicted molar refractivity (Wildman–Crippen MR) is 139 cm³/mol. The Balaban J connectivity index is 0.000000189. The highest BCUT2D eigenvalue weighted by molar-refractivity contribution is 6.35. The number of fused-ring (bicyclic) bond motifs is 2. The molecule has 0 spiro atoms. The van der Waals surface area contributed by atoms with Crippen molar-refractivity contribution in [2.24, 2.45) is 5.73 Å². The van der Waals surface area contributed by atoms with Crippen molar-refractivity contribution in [2.75, 3.05) is 5.73 Å². The molecule has 0 unspecified atom stereocenters. The van der Waals surface area contributed by atoms with Crippen LogP contribution in [-0.2, 0) is 19.4 Å². The van der Waals surface area contributed by atoms with E-state index in [0.717, 1.165) is 23.9 Å². The second-order valence-corrected chi connectivity index (χ2v) is 8.31. The van der Waals surface area contributed by atoms with Crippen LogP contribution in [0, 0.1) is 0 Å². The summed E-state index contributed by atoms with van der Waals surface area (Å²) in [6, 6.07) is 19.6. The standard InChI is InChI=1S/C19H18ClNO.C7H7N5O/c1-2-16-13-15-9-6-10-17(20)18(15)19(22)21(16)12-11-14-7-4-3-5-8-14;8-5-4(6(9)13)7-10-2-1-3-12(7)11-5/h3-10,13H,2,11-12H2,1H3;1-3H,(H2,8,11)(H2,9,13). The molecule has 1 amide bonds. The summed E-state index contributed by atoms with van der Waals surface area (Å²) in [6.45, 7) is 2.75. The number of aromatic nitrogens is 4. The van der Waals surface area contributed by atoms with E-state index in [9.17, 15) is 9.59 Å². The van der Waals surface area contributed by atoms with Crippen molar-refractivity contribution in [3.8, 4) is 0 Å². The first kappa shape index (κ1) is 24.0. The first-order valence-electron chi connectivity index (χ1n) is 11.1. The highest BCUT2D eigenvalue weighted by atomic mass is 35.5. The topological polar surface area (TPSA) is 121 Å². The molecule has 3 heterocycles. The number of halogens is 1. The Morgan fingerprint density at radius 3 is 2.57 bits per heavy atom. The molecule has 0 aliphatic heterocycles. The zero-order chi connectivity index (χ0) is 24.9. The maximum Gasteiger partial charge on any atom is 0.260 e. The van der Waals surface area contributed by atoms with E-state index >= 15 is 0 Å². The Morgan fingerprint density at radius 2 is 1.86 bits per heavy atom. The van der Waals surface area contributed by atoms with Crippen LogP contribution in [0.4, 0.5) is 5.82 Å². The number of nitrogen functional groups attached to an aromatic ring is 1. The summed E-state index contributed by atoms with van der Waals surface area (Å²) in [4.78, 5) is 27.7. The van der Waals surface area contributed by atoms with Gasteiger partial charge in [-0.25, -0.2) is 9.50 Å². The Morgan fingerprint density at radius 1 is 1.09 bits per heavy atom. The van der Waals surface area contributed by atoms with Gasteiger partial charge in [0.25, 0.3) is 11.5 Å². The van der Waals surface area contributed by atoms with Gasteiger partial charge in [0.1, 0.15) is 5.56 Å². The number of nitrogens with zero attached hydrogens (tertiary/aromatic N) is 4. The minimum atomic E-state index is -0.619. The lowest BCUT2D eigenvalue weighted by Gasteiger charge is -2.14. The van der Waals surface area contributed by atoms with Crippen LogP contribution in [0.5, 0.6) is 0 Å². The quantitative estimate of drug-likeness (QED) is 0.389. The molecule has 4 N–H and O–H groups in total. The third kappa shape index (κ3) is 5.02. The molecule has 0 bridgehead atoms. The molecule has 0 radical (unpaired) electrons. The van der Waals surface area contributed by atoms with Crippen molar-refractivity contribution >= 4 is 39.7 Å². The van der Waals surface area contributed by atoms with Crippen molar-refractivity contribution < 1.29 is 4.79 Å². The van der Waals surface area contributed by atoms with Crippen molar-refractivity contribution in [3.63, 3.8) is 0 Å². The molecule has 0 saturated carbocycles. The van der Waals surface area contributed by atoms with Crippen LogP contribution >= 0.6 is 11.6 Å². The molecule has 0 atom stereocenters. The number of rotatable bonds is 5. The summed E-state index contributed by atoms with van der Waals surface area (Å²) in [5.41, 5.74) is 13.4. The average Bonchev–Trinajstić information content (AvgIpc) is 3.20. The number of aryl methyl sites for hydroxylation is 2. The zero-order valence-electron chi connectivity index (χ0n) is 19.2. The number of carbonyl (C=O) groups is 1. The van der Waals surface area contributed by atoms with Gasteiger partial charge >= 0.3 is 0 Å². The van der Waals surface area contributed by atoms with Crippen LogP contribution in [0.15, 0.2) is 77.9 Å². The lowest BCUT2D eigenvalue weighted by atomic mass is 10.1. The molecule has 2 aromatic carbocycles. The highest BCUT2D eigenvalue weighted by Crippen LogP contribution is 2.21. The van der Waals surface area contributed by atoms with Crippen molar-refractivity contribution in [3.05, 3.63) is 105 Å². The van der Waals surface area contributed by atoms with Gasteiger partial charge in [-0.05, 0) is 42.0 Å². The summed E-state index contributed by atoms with van der Waals surface area (Å²) in [7, 11) is 0. The number of anilines is 1. The smallest absolute Gasteiger partial charge is 0.260 e. The monoisotopic (exact) mass is 488 g/mol. The Hall–Kier alpha value is -4.17. The van der Waals surface area contributed by atoms with Crippen LogP contribution in [0.1, 0.15) is 28.5 Å². The maximum absolute atomic E-state index is 12.8. The molecule has 0 aliphatic carbocycles. The maximum atomic E-state index is 12.8. The van der Waals surface area contributed by atoms with Gasteiger partial charge in [-0.3, -0.25) is 9.59 Å². The molecule has 35 heavy (non-hydrogen) atoms. The molecule has 0 aliphatic rings. The van der Waals surface area contributed by atoms with E-state index in [0.29, 0.717) is 22.6 Å². The average molecular weight is 489 g/mol. The molecule has 5 rings (SSSR count). The van der Waals surface area contributed by atoms with Crippen LogP contribution in [0.25, 0.3) is 16.4 Å². The Labute approximate surface area is 206 Å². The summed E-state index contributed by atoms with van der Waals surface area (Å²) in [5, 5.41) is 5.93. The number of amides is 1. The fraction of sp³-hybridized carbons (Fsp3) is 0.154. The predicted octanol–water partition coefficient (Wildman–Crippen LogP) is 3.87. The number of carbonyl (C=O) groups excluding carboxylic acids is 1. The molecule has 0 saturated heterocycles. The fourth-order valence-electron chi connectivity index (χ4n) is 3.97. The molecular weight excluding hydrogens is 464 g/mol. The normalized spacial score (nSPS) is 10.8. The molecular formula is C26H25ClN6O2. The van der Waals surface area contributed by atoms with Crippen LogP contribution in [0.2, 0.25) is 5.02 Å². The van der Waals surface area contributed by atoms with Crippen molar-refractivity contribution in [1.82, 2.24) is 19.2 Å². The second kappa shape index (κ2) is 10.4. The first-order chi connectivity index (χ1) is 16.9. The van der Waals surface area contributed by atoms with E-state index in [1.54, 1.807) is 24.5 Å². The number of primary amides is 1. The zero-order valence-corrected chi connectivity index (χ0v) is 19.9. The summed E-state index contributed by atoms with van der Waals surface area (Å²) < 4.78 is 3.27. The molecule has 3 aromatic heterocycles. The summed E-state index contributed by atoms with van der Waals surface area (Å²) in [6.07, 6.45) is 4.85. The Kier molecular flexibility index (Phi) is 7.12. The molecule has 178 valence electrons. The van der Waals surface area contributed by atoms with Gasteiger partial charge in [-0.2, -0.15) is 0 Å². The van der Waals surface area contributed by atoms with E-state index < -0.39 is 5.91 Å². The minimum absolute atomic E-state index is 0.0101. The van der Waals surface area contributed by atoms with Gasteiger partial charge in [0, 0.05) is 24.6 Å². The van der Waals surface area contributed by atoms with E-state index in [1.165, 1.54) is 10.1 Å². The van der Waals surface area contributed by atoms with E-state index in [4.69, 9.17) is 23.1 Å². The van der Waals surface area contributed by atoms with Crippen LogP contribution < -0.4 is 17.0 Å². The second-order valence-electron chi connectivity index (χ2n) is 7.90.